The minimum absolute atomic E-state index is 0.00212. The summed E-state index contributed by atoms with van der Waals surface area (Å²) < 4.78 is 12.2. The summed E-state index contributed by atoms with van der Waals surface area (Å²) in [5.74, 6) is -0.662. The highest BCUT2D eigenvalue weighted by Gasteiger charge is 2.25. The van der Waals surface area contributed by atoms with E-state index < -0.39 is 13.5 Å². The zero-order valence-corrected chi connectivity index (χ0v) is 11.2. The first-order chi connectivity index (χ1) is 6.79. The highest BCUT2D eigenvalue weighted by molar-refractivity contribution is 7.58. The standard InChI is InChI=1S/C8H19ClN3O2P/c1-6(2)10-15(14,11-7(3)4)12-8(13)5-9/h6-7H,5H2,1-4H3,(H3,10,11,12,13,14). The van der Waals surface area contributed by atoms with Gasteiger partial charge in [-0.25, -0.2) is 10.2 Å². The fourth-order valence-corrected chi connectivity index (χ4v) is 3.28. The fraction of sp³-hybridized carbons (Fsp3) is 0.875. The molecule has 0 bridgehead atoms. The monoisotopic (exact) mass is 255 g/mol. The molecule has 0 aromatic heterocycles. The van der Waals surface area contributed by atoms with E-state index in [1.54, 1.807) is 0 Å². The van der Waals surface area contributed by atoms with Crippen molar-refractivity contribution in [2.75, 3.05) is 5.88 Å². The molecule has 90 valence electrons. The highest BCUT2D eigenvalue weighted by atomic mass is 35.5. The van der Waals surface area contributed by atoms with E-state index in [1.807, 2.05) is 27.7 Å². The van der Waals surface area contributed by atoms with Crippen molar-refractivity contribution in [3.05, 3.63) is 0 Å². The van der Waals surface area contributed by atoms with E-state index in [4.69, 9.17) is 11.6 Å². The molecule has 5 nitrogen and oxygen atoms in total. The largest absolute Gasteiger partial charge is 0.306 e. The van der Waals surface area contributed by atoms with Gasteiger partial charge in [0.15, 0.2) is 0 Å². The Kier molecular flexibility index (Phi) is 6.44. The first-order valence-corrected chi connectivity index (χ1v) is 7.06. The van der Waals surface area contributed by atoms with Gasteiger partial charge in [-0.3, -0.25) is 14.4 Å². The lowest BCUT2D eigenvalue weighted by molar-refractivity contribution is -0.117. The van der Waals surface area contributed by atoms with Crippen molar-refractivity contribution in [2.24, 2.45) is 0 Å². The number of nitrogens with one attached hydrogen (secondary N) is 3. The molecule has 7 heteroatoms. The average Bonchev–Trinajstić information content (AvgIpc) is 1.99. The number of rotatable bonds is 6. The van der Waals surface area contributed by atoms with Crippen LogP contribution in [-0.4, -0.2) is 23.9 Å². The topological polar surface area (TPSA) is 70.2 Å². The summed E-state index contributed by atoms with van der Waals surface area (Å²) in [6, 6.07) is -0.00424. The van der Waals surface area contributed by atoms with Crippen LogP contribution in [0.2, 0.25) is 0 Å². The summed E-state index contributed by atoms with van der Waals surface area (Å²) in [5.41, 5.74) is 0. The van der Waals surface area contributed by atoms with Crippen molar-refractivity contribution in [3.8, 4) is 0 Å². The number of carbonyl (C=O) groups is 1. The van der Waals surface area contributed by atoms with Gasteiger partial charge < -0.3 is 0 Å². The van der Waals surface area contributed by atoms with Gasteiger partial charge in [-0.1, -0.05) is 0 Å². The summed E-state index contributed by atoms with van der Waals surface area (Å²) in [6.45, 7) is 7.39. The molecule has 0 aliphatic heterocycles. The van der Waals surface area contributed by atoms with Crippen LogP contribution in [0.25, 0.3) is 0 Å². The Hall–Kier alpha value is -0.0900. The van der Waals surface area contributed by atoms with E-state index in [2.05, 4.69) is 15.3 Å². The number of hydrogen-bond donors (Lipinski definition) is 3. The van der Waals surface area contributed by atoms with Gasteiger partial charge in [0.1, 0.15) is 5.88 Å². The number of amides is 1. The van der Waals surface area contributed by atoms with Crippen molar-refractivity contribution < 1.29 is 9.36 Å². The van der Waals surface area contributed by atoms with Gasteiger partial charge in [-0.05, 0) is 27.7 Å². The lowest BCUT2D eigenvalue weighted by atomic mass is 10.4. The molecule has 0 unspecified atom stereocenters. The van der Waals surface area contributed by atoms with E-state index in [-0.39, 0.29) is 18.0 Å². The van der Waals surface area contributed by atoms with Crippen LogP contribution in [-0.2, 0) is 9.36 Å². The molecular weight excluding hydrogens is 237 g/mol. The first-order valence-electron chi connectivity index (χ1n) is 4.82. The van der Waals surface area contributed by atoms with Gasteiger partial charge in [-0.2, -0.15) is 0 Å². The average molecular weight is 256 g/mol. The fourth-order valence-electron chi connectivity index (χ4n) is 1.03. The summed E-state index contributed by atoms with van der Waals surface area (Å²) in [7, 11) is -3.09. The summed E-state index contributed by atoms with van der Waals surface area (Å²) in [6.07, 6.45) is 0. The number of carbonyl (C=O) groups excluding carboxylic acids is 1. The van der Waals surface area contributed by atoms with Crippen molar-refractivity contribution >= 4 is 25.1 Å². The van der Waals surface area contributed by atoms with Crippen molar-refractivity contribution in [1.29, 1.82) is 0 Å². The Morgan fingerprint density at radius 1 is 1.20 bits per heavy atom. The van der Waals surface area contributed by atoms with Crippen LogP contribution in [0.5, 0.6) is 0 Å². The third kappa shape index (κ3) is 6.90. The lowest BCUT2D eigenvalue weighted by Gasteiger charge is -2.25. The molecule has 0 rings (SSSR count). The maximum Gasteiger partial charge on any atom is 0.306 e. The van der Waals surface area contributed by atoms with Crippen LogP contribution < -0.4 is 15.3 Å². The van der Waals surface area contributed by atoms with E-state index in [9.17, 15) is 9.36 Å². The third-order valence-electron chi connectivity index (χ3n) is 1.28. The number of halogens is 1. The molecule has 0 aliphatic carbocycles. The quantitative estimate of drug-likeness (QED) is 0.496. The minimum Gasteiger partial charge on any atom is -0.282 e. The normalized spacial score (nSPS) is 12.2. The molecule has 3 N–H and O–H groups in total. The maximum atomic E-state index is 12.2. The van der Waals surface area contributed by atoms with Gasteiger partial charge in [0, 0.05) is 12.1 Å². The van der Waals surface area contributed by atoms with Crippen LogP contribution in [0.15, 0.2) is 0 Å². The van der Waals surface area contributed by atoms with E-state index in [0.29, 0.717) is 0 Å². The maximum absolute atomic E-state index is 12.2. The first kappa shape index (κ1) is 14.9. The Labute approximate surface area is 95.9 Å². The second kappa shape index (κ2) is 6.48. The lowest BCUT2D eigenvalue weighted by Crippen LogP contribution is -2.40. The summed E-state index contributed by atoms with van der Waals surface area (Å²) >= 11 is 5.34. The Balaban J connectivity index is 4.55. The molecule has 0 saturated carbocycles. The summed E-state index contributed by atoms with van der Waals surface area (Å²) in [4.78, 5) is 11.1. The molecule has 0 heterocycles. The zero-order valence-electron chi connectivity index (χ0n) is 9.50. The molecule has 0 radical (unpaired) electrons. The van der Waals surface area contributed by atoms with Gasteiger partial charge in [0.2, 0.25) is 5.91 Å². The molecular formula is C8H19ClN3O2P. The molecule has 1 amide bonds. The second-order valence-corrected chi connectivity index (χ2v) is 6.07. The van der Waals surface area contributed by atoms with Crippen molar-refractivity contribution in [2.45, 2.75) is 39.8 Å². The van der Waals surface area contributed by atoms with Gasteiger partial charge in [0.25, 0.3) is 0 Å². The van der Waals surface area contributed by atoms with Crippen LogP contribution in [0, 0.1) is 0 Å². The Bertz CT molecular complexity index is 244. The SMILES string of the molecule is CC(C)NP(=O)(NC(=O)CCl)NC(C)C. The van der Waals surface area contributed by atoms with Crippen LogP contribution >= 0.6 is 19.2 Å². The van der Waals surface area contributed by atoms with Crippen molar-refractivity contribution in [1.82, 2.24) is 15.3 Å². The minimum atomic E-state index is -3.09. The Morgan fingerprint density at radius 3 is 1.87 bits per heavy atom. The molecule has 0 saturated heterocycles. The number of hydrogen-bond acceptors (Lipinski definition) is 2. The molecule has 0 aromatic rings. The van der Waals surface area contributed by atoms with Crippen LogP contribution in [0.3, 0.4) is 0 Å². The predicted octanol–water partition coefficient (Wildman–Crippen LogP) is 1.45. The molecule has 0 aliphatic rings. The molecule has 15 heavy (non-hydrogen) atoms. The van der Waals surface area contributed by atoms with Crippen LogP contribution in [0.4, 0.5) is 0 Å². The number of alkyl halides is 1. The molecule has 0 spiro atoms. The summed E-state index contributed by atoms with van der Waals surface area (Å²) in [5, 5.41) is 7.98. The zero-order chi connectivity index (χ0) is 12.1. The van der Waals surface area contributed by atoms with Gasteiger partial charge in [0.05, 0.1) is 0 Å². The Morgan fingerprint density at radius 2 is 1.60 bits per heavy atom. The van der Waals surface area contributed by atoms with Crippen LogP contribution in [0.1, 0.15) is 27.7 Å². The van der Waals surface area contributed by atoms with Crippen molar-refractivity contribution in [3.63, 3.8) is 0 Å². The predicted molar refractivity (Wildman–Crippen MR) is 63.0 cm³/mol. The van der Waals surface area contributed by atoms with E-state index >= 15 is 0 Å². The van der Waals surface area contributed by atoms with E-state index in [1.165, 1.54) is 0 Å². The van der Waals surface area contributed by atoms with Gasteiger partial charge in [-0.15, -0.1) is 11.6 Å². The highest BCUT2D eigenvalue weighted by Crippen LogP contribution is 2.31. The third-order valence-corrected chi connectivity index (χ3v) is 3.85. The van der Waals surface area contributed by atoms with E-state index in [0.717, 1.165) is 0 Å². The van der Waals surface area contributed by atoms with Gasteiger partial charge >= 0.3 is 7.59 Å². The second-order valence-electron chi connectivity index (χ2n) is 3.85. The molecule has 0 fully saturated rings. The smallest absolute Gasteiger partial charge is 0.282 e. The molecule has 0 atom stereocenters. The molecule has 0 aromatic carbocycles.